The molecule has 7 nitrogen and oxygen atoms in total. The van der Waals surface area contributed by atoms with Gasteiger partial charge in [-0.2, -0.15) is 0 Å². The summed E-state index contributed by atoms with van der Waals surface area (Å²) in [5.41, 5.74) is 0.849. The molecule has 28 heavy (non-hydrogen) atoms. The van der Waals surface area contributed by atoms with Crippen molar-refractivity contribution in [2.45, 2.75) is 25.3 Å². The second-order valence-corrected chi connectivity index (χ2v) is 6.84. The van der Waals surface area contributed by atoms with Gasteiger partial charge in [0.15, 0.2) is 12.4 Å². The zero-order valence-electron chi connectivity index (χ0n) is 15.4. The maximum absolute atomic E-state index is 12.0. The minimum absolute atomic E-state index is 0.0136. The van der Waals surface area contributed by atoms with Gasteiger partial charge in [-0.1, -0.05) is 36.4 Å². The highest BCUT2D eigenvalue weighted by atomic mass is 32.1. The number of amides is 1. The zero-order valence-corrected chi connectivity index (χ0v) is 16.2. The largest absolute Gasteiger partial charge is 0.467 e. The normalized spacial score (nSPS) is 11.3. The van der Waals surface area contributed by atoms with E-state index in [2.05, 4.69) is 5.32 Å². The molecule has 1 amide bonds. The lowest BCUT2D eigenvalue weighted by atomic mass is 10.1. The molecule has 0 aliphatic carbocycles. The van der Waals surface area contributed by atoms with Gasteiger partial charge >= 0.3 is 11.9 Å². The summed E-state index contributed by atoms with van der Waals surface area (Å²) < 4.78 is 9.60. The van der Waals surface area contributed by atoms with Crippen LogP contribution in [0.5, 0.6) is 0 Å². The number of rotatable bonds is 10. The van der Waals surface area contributed by atoms with E-state index >= 15 is 0 Å². The van der Waals surface area contributed by atoms with Crippen LogP contribution in [-0.2, 0) is 30.3 Å². The summed E-state index contributed by atoms with van der Waals surface area (Å²) in [5, 5.41) is 4.28. The quantitative estimate of drug-likeness (QED) is 0.482. The van der Waals surface area contributed by atoms with E-state index in [9.17, 15) is 19.2 Å². The molecule has 0 bridgehead atoms. The molecule has 1 heterocycles. The Bertz CT molecular complexity index is 803. The van der Waals surface area contributed by atoms with Crippen LogP contribution in [0.4, 0.5) is 0 Å². The number of thiophene rings is 1. The zero-order chi connectivity index (χ0) is 20.4. The number of carbonyl (C=O) groups excluding carboxylic acids is 4. The van der Waals surface area contributed by atoms with E-state index in [-0.39, 0.29) is 25.0 Å². The number of benzene rings is 1. The van der Waals surface area contributed by atoms with Gasteiger partial charge in [-0.15, -0.1) is 11.3 Å². The van der Waals surface area contributed by atoms with Gasteiger partial charge in [-0.25, -0.2) is 4.79 Å². The second-order valence-electron chi connectivity index (χ2n) is 5.89. The van der Waals surface area contributed by atoms with Crippen LogP contribution in [0.1, 0.15) is 28.1 Å². The lowest BCUT2D eigenvalue weighted by Crippen LogP contribution is -2.44. The highest BCUT2D eigenvalue weighted by Gasteiger charge is 2.22. The summed E-state index contributed by atoms with van der Waals surface area (Å²) in [6.07, 6.45) is 0.150. The first-order valence-corrected chi connectivity index (χ1v) is 9.51. The summed E-state index contributed by atoms with van der Waals surface area (Å²) in [7, 11) is 1.23. The number of ketones is 1. The molecule has 1 atom stereocenters. The average molecular weight is 403 g/mol. The van der Waals surface area contributed by atoms with E-state index in [0.717, 1.165) is 5.56 Å². The predicted molar refractivity (Wildman–Crippen MR) is 103 cm³/mol. The lowest BCUT2D eigenvalue weighted by Gasteiger charge is -2.16. The molecule has 0 spiro atoms. The van der Waals surface area contributed by atoms with Gasteiger partial charge in [0, 0.05) is 12.8 Å². The first-order chi connectivity index (χ1) is 13.5. The minimum Gasteiger partial charge on any atom is -0.467 e. The lowest BCUT2D eigenvalue weighted by molar-refractivity contribution is -0.150. The van der Waals surface area contributed by atoms with Crippen molar-refractivity contribution in [2.24, 2.45) is 0 Å². The van der Waals surface area contributed by atoms with Crippen LogP contribution >= 0.6 is 11.3 Å². The molecule has 0 aliphatic heterocycles. The van der Waals surface area contributed by atoms with Crippen molar-refractivity contribution in [3.8, 4) is 0 Å². The van der Waals surface area contributed by atoms with E-state index in [0.29, 0.717) is 4.88 Å². The molecule has 0 unspecified atom stereocenters. The summed E-state index contributed by atoms with van der Waals surface area (Å²) >= 11 is 1.30. The summed E-state index contributed by atoms with van der Waals surface area (Å²) in [6.45, 7) is -0.533. The monoisotopic (exact) mass is 403 g/mol. The molecule has 148 valence electrons. The number of esters is 2. The Morgan fingerprint density at radius 3 is 2.43 bits per heavy atom. The molecule has 2 rings (SSSR count). The fourth-order valence-corrected chi connectivity index (χ4v) is 3.11. The number of hydrogen-bond acceptors (Lipinski definition) is 7. The van der Waals surface area contributed by atoms with Gasteiger partial charge < -0.3 is 14.8 Å². The topological polar surface area (TPSA) is 98.8 Å². The Balaban J connectivity index is 1.77. The van der Waals surface area contributed by atoms with Crippen molar-refractivity contribution >= 4 is 35.0 Å². The van der Waals surface area contributed by atoms with Crippen LogP contribution in [0, 0.1) is 0 Å². The molecule has 2 aromatic rings. The third-order valence-electron chi connectivity index (χ3n) is 3.82. The van der Waals surface area contributed by atoms with Gasteiger partial charge in [0.2, 0.25) is 0 Å². The predicted octanol–water partition coefficient (Wildman–Crippen LogP) is 2.15. The Labute approximate surface area is 166 Å². The van der Waals surface area contributed by atoms with Crippen molar-refractivity contribution in [3.05, 3.63) is 58.3 Å². The first-order valence-electron chi connectivity index (χ1n) is 8.63. The summed E-state index contributed by atoms with van der Waals surface area (Å²) in [4.78, 5) is 48.1. The molecule has 0 radical (unpaired) electrons. The number of nitrogens with one attached hydrogen (secondary N) is 1. The van der Waals surface area contributed by atoms with Gasteiger partial charge in [-0.05, 0) is 17.0 Å². The SMILES string of the molecule is COC(=O)[C@@H](Cc1ccccc1)NC(=O)COC(=O)CCC(=O)c1cccs1. The van der Waals surface area contributed by atoms with E-state index in [4.69, 9.17) is 9.47 Å². The maximum Gasteiger partial charge on any atom is 0.328 e. The van der Waals surface area contributed by atoms with Crippen LogP contribution in [-0.4, -0.2) is 43.4 Å². The molecular formula is C20H21NO6S. The van der Waals surface area contributed by atoms with Gasteiger partial charge in [0.25, 0.3) is 5.91 Å². The van der Waals surface area contributed by atoms with Crippen molar-refractivity contribution in [3.63, 3.8) is 0 Å². The summed E-state index contributed by atoms with van der Waals surface area (Å²) in [5.74, 6) is -2.02. The standard InChI is InChI=1S/C20H21NO6S/c1-26-20(25)15(12-14-6-3-2-4-7-14)21-18(23)13-27-19(24)10-9-16(22)17-8-5-11-28-17/h2-8,11,15H,9-10,12-13H2,1H3,(H,21,23)/t15-/m1/s1. The third-order valence-corrected chi connectivity index (χ3v) is 4.73. The molecule has 0 saturated carbocycles. The Morgan fingerprint density at radius 1 is 1.04 bits per heavy atom. The molecule has 0 fully saturated rings. The number of carbonyl (C=O) groups is 4. The van der Waals surface area contributed by atoms with Crippen LogP contribution < -0.4 is 5.32 Å². The van der Waals surface area contributed by atoms with Crippen molar-refractivity contribution < 1.29 is 28.7 Å². The van der Waals surface area contributed by atoms with Crippen molar-refractivity contribution in [1.82, 2.24) is 5.32 Å². The fraction of sp³-hybridized carbons (Fsp3) is 0.300. The Morgan fingerprint density at radius 2 is 1.79 bits per heavy atom. The number of methoxy groups -OCH3 is 1. The number of hydrogen-bond donors (Lipinski definition) is 1. The van der Waals surface area contributed by atoms with Crippen molar-refractivity contribution in [1.29, 1.82) is 0 Å². The highest BCUT2D eigenvalue weighted by molar-refractivity contribution is 7.12. The third kappa shape index (κ3) is 6.96. The molecule has 1 aromatic heterocycles. The Hall–Kier alpha value is -3.00. The maximum atomic E-state index is 12.0. The first kappa shape index (κ1) is 21.3. The molecule has 0 saturated heterocycles. The minimum atomic E-state index is -0.890. The van der Waals surface area contributed by atoms with Gasteiger partial charge in [0.1, 0.15) is 6.04 Å². The van der Waals surface area contributed by atoms with Crippen LogP contribution in [0.3, 0.4) is 0 Å². The van der Waals surface area contributed by atoms with E-state index < -0.39 is 30.5 Å². The average Bonchev–Trinajstić information content (AvgIpc) is 3.25. The Kier molecular flexibility index (Phi) is 8.36. The van der Waals surface area contributed by atoms with E-state index in [1.165, 1.54) is 18.4 Å². The van der Waals surface area contributed by atoms with Crippen LogP contribution in [0.25, 0.3) is 0 Å². The highest BCUT2D eigenvalue weighted by Crippen LogP contribution is 2.12. The number of ether oxygens (including phenoxy) is 2. The number of Topliss-reactive ketones (excluding diaryl/α,β-unsaturated/α-hetero) is 1. The van der Waals surface area contributed by atoms with Crippen LogP contribution in [0.2, 0.25) is 0 Å². The molecular weight excluding hydrogens is 382 g/mol. The smallest absolute Gasteiger partial charge is 0.328 e. The molecule has 1 N–H and O–H groups in total. The molecule has 1 aromatic carbocycles. The molecule has 8 heteroatoms. The van der Waals surface area contributed by atoms with Crippen LogP contribution in [0.15, 0.2) is 47.8 Å². The van der Waals surface area contributed by atoms with Gasteiger partial charge in [0.05, 0.1) is 18.4 Å². The van der Waals surface area contributed by atoms with E-state index in [1.54, 1.807) is 17.5 Å². The van der Waals surface area contributed by atoms with E-state index in [1.807, 2.05) is 30.3 Å². The van der Waals surface area contributed by atoms with Crippen molar-refractivity contribution in [2.75, 3.05) is 13.7 Å². The van der Waals surface area contributed by atoms with Gasteiger partial charge in [-0.3, -0.25) is 14.4 Å². The summed E-state index contributed by atoms with van der Waals surface area (Å²) in [6, 6.07) is 11.7. The fourth-order valence-electron chi connectivity index (χ4n) is 2.42. The molecule has 0 aliphatic rings. The second kappa shape index (κ2) is 11.0.